The summed E-state index contributed by atoms with van der Waals surface area (Å²) in [4.78, 5) is 32.9. The van der Waals surface area contributed by atoms with Crippen LogP contribution in [0.3, 0.4) is 0 Å². The highest BCUT2D eigenvalue weighted by atomic mass is 19.1. The number of para-hydroxylation sites is 1. The second-order valence-electron chi connectivity index (χ2n) is 10.6. The number of aromatic nitrogens is 3. The summed E-state index contributed by atoms with van der Waals surface area (Å²) in [6.45, 7) is 2.56. The van der Waals surface area contributed by atoms with Crippen LogP contribution in [-0.2, 0) is 21.4 Å². The van der Waals surface area contributed by atoms with Crippen molar-refractivity contribution in [1.29, 1.82) is 0 Å². The Morgan fingerprint density at radius 1 is 1.11 bits per heavy atom. The van der Waals surface area contributed by atoms with Crippen molar-refractivity contribution in [3.8, 4) is 0 Å². The molecule has 2 amide bonds. The van der Waals surface area contributed by atoms with Gasteiger partial charge in [-0.15, -0.1) is 0 Å². The van der Waals surface area contributed by atoms with Crippen LogP contribution in [0.15, 0.2) is 66.7 Å². The molecule has 2 atom stereocenters. The molecule has 2 aromatic heterocycles. The standard InChI is InChI=1S/C30H30FN5O2/c1-30(15-16-30)21-13-14-23(32-28(21)31)27(19-8-3-2-4-9-19)33-29(38)25-12-7-17-36(25)26(37)18-24-20-10-5-6-11-22(20)34-35-24/h2-6,8-11,13-14,25,27H,7,12,15-18H2,1H3,(H,33,38)(H,34,35)/t25-,27-/m0/s1. The van der Waals surface area contributed by atoms with Gasteiger partial charge in [0.15, 0.2) is 0 Å². The SMILES string of the molecule is CC1(c2ccc([C@@H](NC(=O)[C@@H]3CCCN3C(=O)Cc3[nH]nc4ccccc34)c3ccccc3)nc2F)CC1. The van der Waals surface area contributed by atoms with E-state index in [1.807, 2.05) is 61.5 Å². The monoisotopic (exact) mass is 511 g/mol. The van der Waals surface area contributed by atoms with E-state index in [4.69, 9.17) is 0 Å². The van der Waals surface area contributed by atoms with Crippen LogP contribution >= 0.6 is 0 Å². The molecule has 0 unspecified atom stereocenters. The molecule has 2 aliphatic rings. The Morgan fingerprint density at radius 2 is 1.87 bits per heavy atom. The lowest BCUT2D eigenvalue weighted by atomic mass is 9.97. The topological polar surface area (TPSA) is 91.0 Å². The first-order valence-corrected chi connectivity index (χ1v) is 13.2. The number of carbonyl (C=O) groups is 2. The van der Waals surface area contributed by atoms with Crippen molar-refractivity contribution in [2.75, 3.05) is 6.54 Å². The van der Waals surface area contributed by atoms with Crippen LogP contribution < -0.4 is 5.32 Å². The molecule has 0 bridgehead atoms. The molecule has 0 radical (unpaired) electrons. The highest BCUT2D eigenvalue weighted by Crippen LogP contribution is 2.48. The zero-order valence-electron chi connectivity index (χ0n) is 21.3. The number of carbonyl (C=O) groups excluding carboxylic acids is 2. The molecule has 1 aliphatic heterocycles. The predicted octanol–water partition coefficient (Wildman–Crippen LogP) is 4.59. The van der Waals surface area contributed by atoms with E-state index in [2.05, 4.69) is 20.5 Å². The molecule has 4 aromatic rings. The van der Waals surface area contributed by atoms with Crippen LogP contribution in [0.25, 0.3) is 10.9 Å². The third-order valence-corrected chi connectivity index (χ3v) is 7.98. The molecule has 2 fully saturated rings. The molecule has 7 nitrogen and oxygen atoms in total. The van der Waals surface area contributed by atoms with E-state index < -0.39 is 18.0 Å². The van der Waals surface area contributed by atoms with E-state index in [0.717, 1.165) is 41.4 Å². The van der Waals surface area contributed by atoms with Gasteiger partial charge in [-0.05, 0) is 48.8 Å². The highest BCUT2D eigenvalue weighted by molar-refractivity contribution is 5.91. The summed E-state index contributed by atoms with van der Waals surface area (Å²) >= 11 is 0. The van der Waals surface area contributed by atoms with Crippen molar-refractivity contribution in [1.82, 2.24) is 25.4 Å². The molecule has 1 aliphatic carbocycles. The lowest BCUT2D eigenvalue weighted by Gasteiger charge is -2.27. The summed E-state index contributed by atoms with van der Waals surface area (Å²) < 4.78 is 15.1. The van der Waals surface area contributed by atoms with E-state index in [9.17, 15) is 9.59 Å². The Balaban J connectivity index is 1.23. The number of pyridine rings is 1. The number of hydrogen-bond donors (Lipinski definition) is 2. The third kappa shape index (κ3) is 4.55. The van der Waals surface area contributed by atoms with Crippen LogP contribution in [0.1, 0.15) is 61.2 Å². The minimum atomic E-state index is -0.631. The van der Waals surface area contributed by atoms with Gasteiger partial charge in [0, 0.05) is 17.5 Å². The summed E-state index contributed by atoms with van der Waals surface area (Å²) in [6, 6.07) is 19.4. The van der Waals surface area contributed by atoms with E-state index >= 15 is 4.39 Å². The minimum absolute atomic E-state index is 0.125. The van der Waals surface area contributed by atoms with E-state index in [1.54, 1.807) is 17.0 Å². The van der Waals surface area contributed by atoms with Crippen LogP contribution in [0.4, 0.5) is 4.39 Å². The first kappa shape index (κ1) is 24.3. The summed E-state index contributed by atoms with van der Waals surface area (Å²) in [5, 5.41) is 11.2. The number of H-pyrrole nitrogens is 1. The lowest BCUT2D eigenvalue weighted by molar-refractivity contribution is -0.138. The number of halogens is 1. The Morgan fingerprint density at radius 3 is 2.63 bits per heavy atom. The largest absolute Gasteiger partial charge is 0.342 e. The molecule has 1 saturated heterocycles. The number of benzene rings is 2. The zero-order valence-corrected chi connectivity index (χ0v) is 21.3. The zero-order chi connectivity index (χ0) is 26.3. The van der Waals surface area contributed by atoms with Gasteiger partial charge in [-0.25, -0.2) is 4.98 Å². The molecule has 194 valence electrons. The molecular formula is C30H30FN5O2. The van der Waals surface area contributed by atoms with Gasteiger partial charge in [-0.2, -0.15) is 9.49 Å². The third-order valence-electron chi connectivity index (χ3n) is 7.98. The van der Waals surface area contributed by atoms with Crippen molar-refractivity contribution in [2.45, 2.75) is 56.5 Å². The van der Waals surface area contributed by atoms with Gasteiger partial charge in [-0.3, -0.25) is 14.7 Å². The Labute approximate surface area is 220 Å². The van der Waals surface area contributed by atoms with E-state index in [-0.39, 0.29) is 23.7 Å². The maximum atomic E-state index is 15.1. The Bertz CT molecular complexity index is 1500. The number of nitrogens with one attached hydrogen (secondary N) is 2. The van der Waals surface area contributed by atoms with Crippen molar-refractivity contribution in [2.24, 2.45) is 0 Å². The maximum Gasteiger partial charge on any atom is 0.243 e. The van der Waals surface area contributed by atoms with Crippen molar-refractivity contribution >= 4 is 22.7 Å². The van der Waals surface area contributed by atoms with Crippen molar-refractivity contribution in [3.63, 3.8) is 0 Å². The Kier molecular flexibility index (Phi) is 6.18. The lowest BCUT2D eigenvalue weighted by Crippen LogP contribution is -2.47. The molecule has 3 heterocycles. The highest BCUT2D eigenvalue weighted by Gasteiger charge is 2.42. The second kappa shape index (κ2) is 9.67. The fraction of sp³-hybridized carbons (Fsp3) is 0.333. The maximum absolute atomic E-state index is 15.1. The molecule has 8 heteroatoms. The van der Waals surface area contributed by atoms with Crippen molar-refractivity contribution in [3.05, 3.63) is 95.2 Å². The number of rotatable bonds is 7. The quantitative estimate of drug-likeness (QED) is 0.355. The first-order valence-electron chi connectivity index (χ1n) is 13.2. The molecule has 2 aromatic carbocycles. The van der Waals surface area contributed by atoms with Crippen molar-refractivity contribution < 1.29 is 14.0 Å². The van der Waals surface area contributed by atoms with Gasteiger partial charge in [-0.1, -0.05) is 61.5 Å². The molecule has 38 heavy (non-hydrogen) atoms. The average molecular weight is 512 g/mol. The molecular weight excluding hydrogens is 481 g/mol. The summed E-state index contributed by atoms with van der Waals surface area (Å²) in [5.41, 5.74) is 3.26. The molecule has 6 rings (SSSR count). The summed E-state index contributed by atoms with van der Waals surface area (Å²) in [7, 11) is 0. The fourth-order valence-corrected chi connectivity index (χ4v) is 5.47. The van der Waals surface area contributed by atoms with Gasteiger partial charge in [0.05, 0.1) is 29.4 Å². The van der Waals surface area contributed by atoms with Gasteiger partial charge in [0.25, 0.3) is 0 Å². The predicted molar refractivity (Wildman–Crippen MR) is 142 cm³/mol. The molecule has 1 saturated carbocycles. The number of fused-ring (bicyclic) bond motifs is 1. The normalized spacial score (nSPS) is 18.9. The van der Waals surface area contributed by atoms with Gasteiger partial charge >= 0.3 is 0 Å². The summed E-state index contributed by atoms with van der Waals surface area (Å²) in [6.07, 6.45) is 3.35. The number of aromatic amines is 1. The number of hydrogen-bond acceptors (Lipinski definition) is 4. The smallest absolute Gasteiger partial charge is 0.243 e. The summed E-state index contributed by atoms with van der Waals surface area (Å²) in [5.74, 6) is -0.874. The minimum Gasteiger partial charge on any atom is -0.342 e. The van der Waals surface area contributed by atoms with E-state index in [1.165, 1.54) is 0 Å². The van der Waals surface area contributed by atoms with Gasteiger partial charge < -0.3 is 10.2 Å². The number of likely N-dealkylation sites (tertiary alicyclic amines) is 1. The number of nitrogens with zero attached hydrogens (tertiary/aromatic N) is 3. The first-order chi connectivity index (χ1) is 18.4. The van der Waals surface area contributed by atoms with Gasteiger partial charge in [0.1, 0.15) is 6.04 Å². The van der Waals surface area contributed by atoms with Gasteiger partial charge in [0.2, 0.25) is 17.8 Å². The van der Waals surface area contributed by atoms with Crippen LogP contribution in [0, 0.1) is 5.95 Å². The number of amides is 2. The van der Waals surface area contributed by atoms with Crippen LogP contribution in [0.5, 0.6) is 0 Å². The van der Waals surface area contributed by atoms with Crippen LogP contribution in [-0.4, -0.2) is 44.5 Å². The van der Waals surface area contributed by atoms with Crippen LogP contribution in [0.2, 0.25) is 0 Å². The molecule has 0 spiro atoms. The van der Waals surface area contributed by atoms with E-state index in [0.29, 0.717) is 24.2 Å². The second-order valence-corrected chi connectivity index (χ2v) is 10.6. The Hall–Kier alpha value is -4.07. The fourth-order valence-electron chi connectivity index (χ4n) is 5.47. The molecule has 2 N–H and O–H groups in total. The average Bonchev–Trinajstić information content (AvgIpc) is 3.31.